The predicted octanol–water partition coefficient (Wildman–Crippen LogP) is 4.79. The van der Waals surface area contributed by atoms with E-state index in [0.717, 1.165) is 5.92 Å². The molecule has 0 aromatic heterocycles. The Balaban J connectivity index is 1.54. The highest BCUT2D eigenvalue weighted by Crippen LogP contribution is 2.33. The zero-order valence-electron chi connectivity index (χ0n) is 12.1. The van der Waals surface area contributed by atoms with Crippen molar-refractivity contribution >= 4 is 0 Å². The minimum atomic E-state index is 0.699. The van der Waals surface area contributed by atoms with Crippen molar-refractivity contribution in [2.24, 2.45) is 5.92 Å². The molecule has 1 saturated heterocycles. The number of hydrogen-bond acceptors (Lipinski definition) is 1. The van der Waals surface area contributed by atoms with Crippen LogP contribution in [0.1, 0.15) is 63.0 Å². The first-order valence-corrected chi connectivity index (χ1v) is 8.22. The van der Waals surface area contributed by atoms with Gasteiger partial charge in [0.25, 0.3) is 0 Å². The lowest BCUT2D eigenvalue weighted by Gasteiger charge is -2.28. The van der Waals surface area contributed by atoms with Crippen molar-refractivity contribution in [1.82, 2.24) is 4.90 Å². The van der Waals surface area contributed by atoms with Crippen LogP contribution in [0.3, 0.4) is 0 Å². The van der Waals surface area contributed by atoms with Gasteiger partial charge in [-0.25, -0.2) is 0 Å². The molecule has 1 nitrogen and oxygen atoms in total. The summed E-state index contributed by atoms with van der Waals surface area (Å²) < 4.78 is 0. The van der Waals surface area contributed by atoms with Crippen LogP contribution in [0, 0.1) is 5.92 Å². The van der Waals surface area contributed by atoms with Crippen LogP contribution in [0.15, 0.2) is 30.3 Å². The zero-order valence-corrected chi connectivity index (χ0v) is 12.1. The van der Waals surface area contributed by atoms with Gasteiger partial charge in [0, 0.05) is 6.04 Å². The van der Waals surface area contributed by atoms with E-state index in [-0.39, 0.29) is 0 Å². The summed E-state index contributed by atoms with van der Waals surface area (Å²) in [5, 5.41) is 0. The Kier molecular flexibility index (Phi) is 4.55. The van der Waals surface area contributed by atoms with Gasteiger partial charge in [-0.15, -0.1) is 0 Å². The summed E-state index contributed by atoms with van der Waals surface area (Å²) in [6.45, 7) is 2.64. The molecule has 1 aliphatic carbocycles. The lowest BCUT2D eigenvalue weighted by atomic mass is 9.87. The Morgan fingerprint density at radius 1 is 0.895 bits per heavy atom. The molecule has 0 spiro atoms. The molecule has 1 aromatic rings. The maximum Gasteiger partial charge on any atom is 0.0348 e. The Hall–Kier alpha value is -0.820. The van der Waals surface area contributed by atoms with Crippen LogP contribution in [0.5, 0.6) is 0 Å². The zero-order chi connectivity index (χ0) is 12.9. The minimum absolute atomic E-state index is 0.699. The molecular formula is C18H27N. The quantitative estimate of drug-likeness (QED) is 0.749. The van der Waals surface area contributed by atoms with E-state index < -0.39 is 0 Å². The topological polar surface area (TPSA) is 3.24 Å². The van der Waals surface area contributed by atoms with Gasteiger partial charge in [0.05, 0.1) is 0 Å². The van der Waals surface area contributed by atoms with Crippen molar-refractivity contribution in [1.29, 1.82) is 0 Å². The van der Waals surface area contributed by atoms with Gasteiger partial charge in [-0.1, -0.05) is 62.4 Å². The fraction of sp³-hybridized carbons (Fsp3) is 0.667. The van der Waals surface area contributed by atoms with Crippen molar-refractivity contribution in [2.75, 3.05) is 13.1 Å². The first-order chi connectivity index (χ1) is 9.43. The van der Waals surface area contributed by atoms with Crippen LogP contribution in [-0.2, 0) is 0 Å². The Morgan fingerprint density at radius 2 is 1.68 bits per heavy atom. The highest BCUT2D eigenvalue weighted by Gasteiger charge is 2.26. The molecule has 3 rings (SSSR count). The molecule has 19 heavy (non-hydrogen) atoms. The van der Waals surface area contributed by atoms with E-state index in [0.29, 0.717) is 6.04 Å². The third-order valence-corrected chi connectivity index (χ3v) is 5.10. The summed E-state index contributed by atoms with van der Waals surface area (Å²) in [4.78, 5) is 2.74. The number of benzene rings is 1. The van der Waals surface area contributed by atoms with Gasteiger partial charge in [-0.3, -0.25) is 4.90 Å². The van der Waals surface area contributed by atoms with E-state index in [9.17, 15) is 0 Å². The van der Waals surface area contributed by atoms with E-state index in [2.05, 4.69) is 35.2 Å². The molecule has 104 valence electrons. The number of likely N-dealkylation sites (tertiary alicyclic amines) is 1. The minimum Gasteiger partial charge on any atom is -0.296 e. The highest BCUT2D eigenvalue weighted by atomic mass is 15.2. The normalized spacial score (nSPS) is 25.8. The summed E-state index contributed by atoms with van der Waals surface area (Å²) in [6.07, 6.45) is 11.6. The van der Waals surface area contributed by atoms with Gasteiger partial charge in [0.2, 0.25) is 0 Å². The third-order valence-electron chi connectivity index (χ3n) is 5.10. The van der Waals surface area contributed by atoms with Gasteiger partial charge in [-0.2, -0.15) is 0 Å². The van der Waals surface area contributed by atoms with E-state index in [1.807, 2.05) is 0 Å². The highest BCUT2D eigenvalue weighted by molar-refractivity contribution is 5.19. The van der Waals surface area contributed by atoms with Crippen LogP contribution in [0.2, 0.25) is 0 Å². The molecule has 1 heteroatoms. The average molecular weight is 257 g/mol. The second-order valence-corrected chi connectivity index (χ2v) is 6.40. The largest absolute Gasteiger partial charge is 0.296 e. The smallest absolute Gasteiger partial charge is 0.0348 e. The van der Waals surface area contributed by atoms with Gasteiger partial charge < -0.3 is 0 Å². The average Bonchev–Trinajstić information content (AvgIpc) is 2.95. The van der Waals surface area contributed by atoms with Crippen molar-refractivity contribution in [3.63, 3.8) is 0 Å². The van der Waals surface area contributed by atoms with Gasteiger partial charge in [0.1, 0.15) is 0 Å². The maximum absolute atomic E-state index is 2.74. The van der Waals surface area contributed by atoms with Crippen molar-refractivity contribution in [3.8, 4) is 0 Å². The van der Waals surface area contributed by atoms with E-state index in [4.69, 9.17) is 0 Å². The number of nitrogens with zero attached hydrogens (tertiary/aromatic N) is 1. The molecule has 0 amide bonds. The molecule has 1 aliphatic heterocycles. The Morgan fingerprint density at radius 3 is 2.47 bits per heavy atom. The summed E-state index contributed by atoms with van der Waals surface area (Å²) in [5.74, 6) is 1.02. The van der Waals surface area contributed by atoms with Crippen LogP contribution in [0.25, 0.3) is 0 Å². The second kappa shape index (κ2) is 6.56. The molecule has 2 aliphatic rings. The van der Waals surface area contributed by atoms with Gasteiger partial charge >= 0.3 is 0 Å². The Bertz CT molecular complexity index is 367. The summed E-state index contributed by atoms with van der Waals surface area (Å²) in [5.41, 5.74) is 1.53. The summed E-state index contributed by atoms with van der Waals surface area (Å²) in [7, 11) is 0. The van der Waals surface area contributed by atoms with E-state index >= 15 is 0 Å². The molecule has 1 atom stereocenters. The maximum atomic E-state index is 2.74. The molecule has 0 N–H and O–H groups in total. The van der Waals surface area contributed by atoms with Crippen molar-refractivity contribution in [3.05, 3.63) is 35.9 Å². The van der Waals surface area contributed by atoms with Gasteiger partial charge in [-0.05, 0) is 43.8 Å². The predicted molar refractivity (Wildman–Crippen MR) is 81.2 cm³/mol. The van der Waals surface area contributed by atoms with Crippen LogP contribution in [-0.4, -0.2) is 18.0 Å². The van der Waals surface area contributed by atoms with Crippen molar-refractivity contribution < 1.29 is 0 Å². The standard InChI is InChI=1S/C18H27N/c1-3-8-16(9-4-1)13-15-19-14-7-12-18(19)17-10-5-2-6-11-17/h2,5-6,10-11,16,18H,1,3-4,7-9,12-15H2. The number of rotatable bonds is 4. The molecular weight excluding hydrogens is 230 g/mol. The molecule has 1 aromatic carbocycles. The first-order valence-electron chi connectivity index (χ1n) is 8.22. The van der Waals surface area contributed by atoms with Crippen LogP contribution < -0.4 is 0 Å². The SMILES string of the molecule is c1ccc(C2CCCN2CCC2CCCCC2)cc1. The first kappa shape index (κ1) is 13.2. The van der Waals surface area contributed by atoms with Gasteiger partial charge in [0.15, 0.2) is 0 Å². The molecule has 1 heterocycles. The fourth-order valence-electron chi connectivity index (χ4n) is 3.97. The monoisotopic (exact) mass is 257 g/mol. The van der Waals surface area contributed by atoms with E-state index in [1.165, 1.54) is 70.0 Å². The van der Waals surface area contributed by atoms with E-state index in [1.54, 1.807) is 0 Å². The molecule has 1 saturated carbocycles. The van der Waals surface area contributed by atoms with Crippen LogP contribution in [0.4, 0.5) is 0 Å². The third kappa shape index (κ3) is 3.39. The molecule has 0 radical (unpaired) electrons. The fourth-order valence-corrected chi connectivity index (χ4v) is 3.97. The second-order valence-electron chi connectivity index (χ2n) is 6.40. The summed E-state index contributed by atoms with van der Waals surface area (Å²) in [6, 6.07) is 11.8. The number of hydrogen-bond donors (Lipinski definition) is 0. The van der Waals surface area contributed by atoms with Crippen LogP contribution >= 0.6 is 0 Å². The van der Waals surface area contributed by atoms with Crippen molar-refractivity contribution in [2.45, 2.75) is 57.4 Å². The summed E-state index contributed by atoms with van der Waals surface area (Å²) >= 11 is 0. The lowest BCUT2D eigenvalue weighted by molar-refractivity contribution is 0.219. The molecule has 0 bridgehead atoms. The Labute approximate surface area is 118 Å². The molecule has 1 unspecified atom stereocenters. The lowest BCUT2D eigenvalue weighted by Crippen LogP contribution is -2.26. The molecule has 2 fully saturated rings.